The minimum absolute atomic E-state index is 0.211. The second kappa shape index (κ2) is 1.74. The van der Waals surface area contributed by atoms with E-state index in [9.17, 15) is 4.79 Å². The lowest BCUT2D eigenvalue weighted by Gasteiger charge is -2.22. The van der Waals surface area contributed by atoms with E-state index in [2.05, 4.69) is 6.92 Å². The number of amides is 1. The van der Waals surface area contributed by atoms with Gasteiger partial charge >= 0.3 is 6.41 Å². The first-order valence-corrected chi connectivity index (χ1v) is 3.93. The van der Waals surface area contributed by atoms with Gasteiger partial charge in [-0.05, 0) is 32.6 Å². The van der Waals surface area contributed by atoms with Gasteiger partial charge in [-0.3, -0.25) is 4.79 Å². The molecule has 0 aromatic carbocycles. The van der Waals surface area contributed by atoms with Gasteiger partial charge in [-0.25, -0.2) is 0 Å². The molecule has 0 unspecified atom stereocenters. The molecule has 2 rings (SSSR count). The molecule has 0 aliphatic heterocycles. The predicted octanol–water partition coefficient (Wildman–Crippen LogP) is 1.07. The molecule has 0 aromatic heterocycles. The smallest absolute Gasteiger partial charge is 0.312 e. The van der Waals surface area contributed by atoms with E-state index >= 15 is 0 Å². The summed E-state index contributed by atoms with van der Waals surface area (Å²) in [5, 5.41) is 0. The minimum atomic E-state index is 0.211. The summed E-state index contributed by atoms with van der Waals surface area (Å²) in [6.07, 6.45) is 6.81. The van der Waals surface area contributed by atoms with Crippen LogP contribution in [0.3, 0.4) is 0 Å². The Kier molecular flexibility index (Phi) is 1.08. The summed E-state index contributed by atoms with van der Waals surface area (Å²) in [5.41, 5.74) is 0.211. The Morgan fingerprint density at radius 1 is 1.50 bits per heavy atom. The molecule has 1 radical (unpaired) electrons. The van der Waals surface area contributed by atoms with Crippen LogP contribution in [-0.4, -0.2) is 22.9 Å². The van der Waals surface area contributed by atoms with Gasteiger partial charge < -0.3 is 4.90 Å². The zero-order chi connectivity index (χ0) is 7.19. The number of nitrogens with zero attached hydrogens (tertiary/aromatic N) is 1. The molecular formula is C8H12NO. The van der Waals surface area contributed by atoms with Crippen molar-refractivity contribution in [1.29, 1.82) is 0 Å². The molecule has 2 saturated carbocycles. The average Bonchev–Trinajstić information content (AvgIpc) is 2.70. The molecule has 2 nitrogen and oxygen atoms in total. The van der Waals surface area contributed by atoms with E-state index in [1.165, 1.54) is 25.7 Å². The Bertz CT molecular complexity index is 159. The SMILES string of the molecule is CC1(N([C]=O)C2CC2)CC1. The first kappa shape index (κ1) is 6.20. The van der Waals surface area contributed by atoms with E-state index in [-0.39, 0.29) is 5.54 Å². The highest BCUT2D eigenvalue weighted by molar-refractivity contribution is 5.52. The number of hydrogen-bond donors (Lipinski definition) is 0. The van der Waals surface area contributed by atoms with E-state index in [4.69, 9.17) is 0 Å². The maximum absolute atomic E-state index is 10.5. The van der Waals surface area contributed by atoms with Crippen LogP contribution >= 0.6 is 0 Å². The van der Waals surface area contributed by atoms with Gasteiger partial charge in [0.25, 0.3) is 0 Å². The fourth-order valence-electron chi connectivity index (χ4n) is 1.38. The second-order valence-electron chi connectivity index (χ2n) is 3.69. The third-order valence-electron chi connectivity index (χ3n) is 2.57. The Labute approximate surface area is 61.2 Å². The zero-order valence-electron chi connectivity index (χ0n) is 6.26. The quantitative estimate of drug-likeness (QED) is 0.534. The lowest BCUT2D eigenvalue weighted by molar-refractivity contribution is 0.282. The maximum atomic E-state index is 10.5. The van der Waals surface area contributed by atoms with Crippen LogP contribution in [0.15, 0.2) is 0 Å². The van der Waals surface area contributed by atoms with Crippen molar-refractivity contribution in [2.24, 2.45) is 0 Å². The summed E-state index contributed by atoms with van der Waals surface area (Å²) >= 11 is 0. The highest BCUT2D eigenvalue weighted by atomic mass is 16.1. The van der Waals surface area contributed by atoms with Crippen LogP contribution in [0.2, 0.25) is 0 Å². The standard InChI is InChI=1S/C8H12NO/c1-8(4-5-8)9(6-10)7-2-3-7/h7H,2-5H2,1H3. The van der Waals surface area contributed by atoms with Crippen molar-refractivity contribution in [2.75, 3.05) is 0 Å². The van der Waals surface area contributed by atoms with E-state index in [1.54, 1.807) is 0 Å². The maximum Gasteiger partial charge on any atom is 0.312 e. The van der Waals surface area contributed by atoms with E-state index < -0.39 is 0 Å². The molecule has 0 heterocycles. The van der Waals surface area contributed by atoms with Gasteiger partial charge in [-0.1, -0.05) is 0 Å². The van der Waals surface area contributed by atoms with Gasteiger partial charge in [-0.2, -0.15) is 0 Å². The van der Waals surface area contributed by atoms with Crippen LogP contribution in [0.1, 0.15) is 32.6 Å². The summed E-state index contributed by atoms with van der Waals surface area (Å²) < 4.78 is 0. The van der Waals surface area contributed by atoms with Crippen LogP contribution < -0.4 is 0 Å². The largest absolute Gasteiger partial charge is 0.326 e. The van der Waals surface area contributed by atoms with Crippen molar-refractivity contribution < 1.29 is 4.79 Å². The van der Waals surface area contributed by atoms with Gasteiger partial charge in [0.05, 0.1) is 0 Å². The van der Waals surface area contributed by atoms with Crippen molar-refractivity contribution in [3.8, 4) is 0 Å². The van der Waals surface area contributed by atoms with Gasteiger partial charge in [0.1, 0.15) is 0 Å². The Morgan fingerprint density at radius 2 is 2.10 bits per heavy atom. The molecule has 10 heavy (non-hydrogen) atoms. The van der Waals surface area contributed by atoms with E-state index in [0.29, 0.717) is 6.04 Å². The molecule has 0 atom stereocenters. The average molecular weight is 138 g/mol. The summed E-state index contributed by atoms with van der Waals surface area (Å²) in [5.74, 6) is 0. The second-order valence-corrected chi connectivity index (χ2v) is 3.69. The fourth-order valence-corrected chi connectivity index (χ4v) is 1.38. The molecular weight excluding hydrogens is 126 g/mol. The lowest BCUT2D eigenvalue weighted by Crippen LogP contribution is -2.35. The van der Waals surface area contributed by atoms with Gasteiger partial charge in [-0.15, -0.1) is 0 Å². The monoisotopic (exact) mass is 138 g/mol. The van der Waals surface area contributed by atoms with Crippen LogP contribution in [0.4, 0.5) is 0 Å². The van der Waals surface area contributed by atoms with Crippen molar-refractivity contribution in [3.05, 3.63) is 0 Å². The number of rotatable bonds is 3. The van der Waals surface area contributed by atoms with Crippen molar-refractivity contribution in [1.82, 2.24) is 4.90 Å². The zero-order valence-corrected chi connectivity index (χ0v) is 6.26. The molecule has 0 spiro atoms. The highest BCUT2D eigenvalue weighted by Gasteiger charge is 2.48. The normalized spacial score (nSPS) is 27.7. The topological polar surface area (TPSA) is 20.3 Å². The van der Waals surface area contributed by atoms with Crippen LogP contribution in [-0.2, 0) is 4.79 Å². The lowest BCUT2D eigenvalue weighted by atomic mass is 10.3. The minimum Gasteiger partial charge on any atom is -0.326 e. The Morgan fingerprint density at radius 3 is 2.40 bits per heavy atom. The molecule has 2 heteroatoms. The van der Waals surface area contributed by atoms with Crippen LogP contribution in [0.25, 0.3) is 0 Å². The molecule has 2 fully saturated rings. The summed E-state index contributed by atoms with van der Waals surface area (Å²) in [7, 11) is 0. The molecule has 0 bridgehead atoms. The first-order chi connectivity index (χ1) is 4.76. The Hall–Kier alpha value is -0.530. The van der Waals surface area contributed by atoms with Crippen molar-refractivity contribution in [3.63, 3.8) is 0 Å². The first-order valence-electron chi connectivity index (χ1n) is 3.93. The van der Waals surface area contributed by atoms with Gasteiger partial charge in [0.2, 0.25) is 0 Å². The van der Waals surface area contributed by atoms with Gasteiger partial charge in [0.15, 0.2) is 0 Å². The molecule has 0 aromatic rings. The summed E-state index contributed by atoms with van der Waals surface area (Å²) in [6.45, 7) is 2.15. The molecule has 2 aliphatic rings. The molecule has 1 amide bonds. The van der Waals surface area contributed by atoms with E-state index in [1.807, 2.05) is 11.3 Å². The third kappa shape index (κ3) is 0.825. The van der Waals surface area contributed by atoms with Gasteiger partial charge in [0, 0.05) is 11.6 Å². The fraction of sp³-hybridized carbons (Fsp3) is 0.875. The summed E-state index contributed by atoms with van der Waals surface area (Å²) in [4.78, 5) is 12.4. The Balaban J connectivity index is 2.03. The van der Waals surface area contributed by atoms with Crippen molar-refractivity contribution >= 4 is 6.41 Å². The van der Waals surface area contributed by atoms with Crippen molar-refractivity contribution in [2.45, 2.75) is 44.2 Å². The highest BCUT2D eigenvalue weighted by Crippen LogP contribution is 2.45. The third-order valence-corrected chi connectivity index (χ3v) is 2.57. The van der Waals surface area contributed by atoms with E-state index in [0.717, 1.165) is 0 Å². The van der Waals surface area contributed by atoms with Crippen LogP contribution in [0.5, 0.6) is 0 Å². The predicted molar refractivity (Wildman–Crippen MR) is 38.2 cm³/mol. The molecule has 0 N–H and O–H groups in total. The number of carbonyl (C=O) groups excluding carboxylic acids is 1. The number of hydrogen-bond acceptors (Lipinski definition) is 1. The molecule has 55 valence electrons. The van der Waals surface area contributed by atoms with Crippen LogP contribution in [0, 0.1) is 0 Å². The summed E-state index contributed by atoms with van der Waals surface area (Å²) in [6, 6.07) is 0.546. The molecule has 2 aliphatic carbocycles. The molecule has 0 saturated heterocycles.